The van der Waals surface area contributed by atoms with Crippen LogP contribution in [0.2, 0.25) is 0 Å². The molecule has 0 aliphatic heterocycles. The zero-order valence-corrected chi connectivity index (χ0v) is 13.1. The van der Waals surface area contributed by atoms with Crippen molar-refractivity contribution in [2.24, 2.45) is 5.92 Å². The fourth-order valence-electron chi connectivity index (χ4n) is 2.74. The number of rotatable bonds is 7. The molecule has 1 N–H and O–H groups in total. The van der Waals surface area contributed by atoms with Gasteiger partial charge in [-0.15, -0.1) is 0 Å². The van der Waals surface area contributed by atoms with Gasteiger partial charge in [0.2, 0.25) is 5.91 Å². The number of hydrogen-bond acceptors (Lipinski definition) is 3. The highest BCUT2D eigenvalue weighted by Crippen LogP contribution is 2.23. The highest BCUT2D eigenvalue weighted by Gasteiger charge is 2.16. The minimum absolute atomic E-state index is 0.113. The molecule has 120 valence electrons. The van der Waals surface area contributed by atoms with E-state index in [1.165, 1.54) is 19.3 Å². The van der Waals surface area contributed by atoms with Crippen LogP contribution >= 0.6 is 0 Å². The Hall–Kier alpha value is -1.84. The molecule has 0 spiro atoms. The quantitative estimate of drug-likeness (QED) is 0.787. The van der Waals surface area contributed by atoms with Crippen molar-refractivity contribution >= 4 is 11.9 Å². The number of nitrogens with one attached hydrogen (secondary N) is 1. The first kappa shape index (κ1) is 16.5. The van der Waals surface area contributed by atoms with Crippen LogP contribution in [0.4, 0.5) is 0 Å². The van der Waals surface area contributed by atoms with Gasteiger partial charge in [0.1, 0.15) is 0 Å². The molecule has 1 saturated carbocycles. The van der Waals surface area contributed by atoms with Gasteiger partial charge in [0, 0.05) is 13.0 Å². The summed E-state index contributed by atoms with van der Waals surface area (Å²) in [4.78, 5) is 23.4. The summed E-state index contributed by atoms with van der Waals surface area (Å²) in [6.07, 6.45) is 6.44. The molecule has 1 aromatic carbocycles. The van der Waals surface area contributed by atoms with Gasteiger partial charge in [0.15, 0.2) is 0 Å². The van der Waals surface area contributed by atoms with Crippen molar-refractivity contribution in [1.82, 2.24) is 5.32 Å². The van der Waals surface area contributed by atoms with E-state index in [1.54, 1.807) is 0 Å². The topological polar surface area (TPSA) is 55.4 Å². The van der Waals surface area contributed by atoms with Crippen LogP contribution in [0.15, 0.2) is 30.3 Å². The summed E-state index contributed by atoms with van der Waals surface area (Å²) in [5, 5.41) is 2.81. The zero-order valence-electron chi connectivity index (χ0n) is 13.1. The van der Waals surface area contributed by atoms with Crippen LogP contribution in [0.25, 0.3) is 0 Å². The first-order valence-corrected chi connectivity index (χ1v) is 8.20. The van der Waals surface area contributed by atoms with Crippen molar-refractivity contribution in [2.75, 3.05) is 6.61 Å². The normalized spacial score (nSPS) is 15.3. The zero-order chi connectivity index (χ0) is 15.6. The van der Waals surface area contributed by atoms with Crippen LogP contribution in [0.5, 0.6) is 0 Å². The van der Waals surface area contributed by atoms with Gasteiger partial charge in [-0.3, -0.25) is 9.59 Å². The summed E-state index contributed by atoms with van der Waals surface area (Å²) in [6.45, 7) is 1.02. The molecular formula is C18H25NO3. The first-order valence-electron chi connectivity index (χ1n) is 8.20. The molecule has 0 saturated heterocycles. The lowest BCUT2D eigenvalue weighted by Gasteiger charge is -2.20. The van der Waals surface area contributed by atoms with E-state index in [2.05, 4.69) is 5.32 Å². The van der Waals surface area contributed by atoms with E-state index in [9.17, 15) is 9.59 Å². The van der Waals surface area contributed by atoms with E-state index in [1.807, 2.05) is 30.3 Å². The Bertz CT molecular complexity index is 466. The number of carbonyl (C=O) groups is 2. The molecule has 4 heteroatoms. The third-order valence-electron chi connectivity index (χ3n) is 4.09. The number of esters is 1. The van der Waals surface area contributed by atoms with E-state index < -0.39 is 0 Å². The van der Waals surface area contributed by atoms with Crippen molar-refractivity contribution in [2.45, 2.75) is 51.5 Å². The molecule has 1 aliphatic carbocycles. The van der Waals surface area contributed by atoms with Crippen molar-refractivity contribution in [1.29, 1.82) is 0 Å². The Morgan fingerprint density at radius 2 is 1.77 bits per heavy atom. The molecule has 0 atom stereocenters. The maximum Gasteiger partial charge on any atom is 0.306 e. The fourth-order valence-corrected chi connectivity index (χ4v) is 2.74. The Labute approximate surface area is 132 Å². The van der Waals surface area contributed by atoms with E-state index in [4.69, 9.17) is 4.74 Å². The molecule has 1 aromatic rings. The smallest absolute Gasteiger partial charge is 0.306 e. The van der Waals surface area contributed by atoms with Gasteiger partial charge in [-0.05, 0) is 24.3 Å². The average molecular weight is 303 g/mol. The van der Waals surface area contributed by atoms with E-state index >= 15 is 0 Å². The van der Waals surface area contributed by atoms with Crippen molar-refractivity contribution < 1.29 is 14.3 Å². The number of amides is 1. The molecule has 0 bridgehead atoms. The second kappa shape index (κ2) is 9.23. The van der Waals surface area contributed by atoms with Gasteiger partial charge in [0.25, 0.3) is 0 Å². The molecule has 1 amide bonds. The third kappa shape index (κ3) is 6.29. The summed E-state index contributed by atoms with van der Waals surface area (Å²) in [7, 11) is 0. The van der Waals surface area contributed by atoms with Gasteiger partial charge in [-0.25, -0.2) is 0 Å². The first-order chi connectivity index (χ1) is 10.7. The van der Waals surface area contributed by atoms with Crippen LogP contribution in [0, 0.1) is 5.92 Å². The lowest BCUT2D eigenvalue weighted by atomic mass is 9.90. The predicted molar refractivity (Wildman–Crippen MR) is 85.1 cm³/mol. The summed E-state index contributed by atoms with van der Waals surface area (Å²) in [5.74, 6) is 0.142. The minimum Gasteiger partial charge on any atom is -0.465 e. The standard InChI is InChI=1S/C18H25NO3/c20-17(19-13-15-7-3-1-4-8-15)11-12-18(21)22-14-16-9-5-2-6-10-16/h1,3-4,7-8,16H,2,5-6,9-14H2,(H,19,20). The van der Waals surface area contributed by atoms with Crippen molar-refractivity contribution in [3.63, 3.8) is 0 Å². The van der Waals surface area contributed by atoms with Crippen LogP contribution in [-0.2, 0) is 20.9 Å². The lowest BCUT2D eigenvalue weighted by Crippen LogP contribution is -2.24. The molecule has 0 unspecified atom stereocenters. The van der Waals surface area contributed by atoms with Gasteiger partial charge in [-0.2, -0.15) is 0 Å². The van der Waals surface area contributed by atoms with Gasteiger partial charge in [0.05, 0.1) is 13.0 Å². The van der Waals surface area contributed by atoms with Crippen molar-refractivity contribution in [3.05, 3.63) is 35.9 Å². The predicted octanol–water partition coefficient (Wildman–Crippen LogP) is 3.21. The number of benzene rings is 1. The lowest BCUT2D eigenvalue weighted by molar-refractivity contribution is -0.146. The van der Waals surface area contributed by atoms with E-state index in [-0.39, 0.29) is 24.7 Å². The SMILES string of the molecule is O=C(CCC(=O)OCC1CCCCC1)NCc1ccccc1. The summed E-state index contributed by atoms with van der Waals surface area (Å²) in [5.41, 5.74) is 1.05. The van der Waals surface area contributed by atoms with Gasteiger partial charge in [-0.1, -0.05) is 49.6 Å². The third-order valence-corrected chi connectivity index (χ3v) is 4.09. The Morgan fingerprint density at radius 3 is 2.50 bits per heavy atom. The Balaban J connectivity index is 1.56. The van der Waals surface area contributed by atoms with Gasteiger partial charge < -0.3 is 10.1 Å². The molecule has 1 fully saturated rings. The monoisotopic (exact) mass is 303 g/mol. The second-order valence-corrected chi connectivity index (χ2v) is 5.95. The number of hydrogen-bond donors (Lipinski definition) is 1. The van der Waals surface area contributed by atoms with Crippen molar-refractivity contribution in [3.8, 4) is 0 Å². The molecule has 4 nitrogen and oxygen atoms in total. The maximum atomic E-state index is 11.7. The molecule has 1 aliphatic rings. The fraction of sp³-hybridized carbons (Fsp3) is 0.556. The average Bonchev–Trinajstić information content (AvgIpc) is 2.58. The molecule has 0 radical (unpaired) electrons. The summed E-state index contributed by atoms with van der Waals surface area (Å²) in [6, 6.07) is 9.72. The van der Waals surface area contributed by atoms with Crippen LogP contribution in [0.3, 0.4) is 0 Å². The summed E-state index contributed by atoms with van der Waals surface area (Å²) < 4.78 is 5.28. The number of carbonyl (C=O) groups excluding carboxylic acids is 2. The van der Waals surface area contributed by atoms with E-state index in [0.717, 1.165) is 18.4 Å². The molecular weight excluding hydrogens is 278 g/mol. The van der Waals surface area contributed by atoms with E-state index in [0.29, 0.717) is 19.1 Å². The molecule has 2 rings (SSSR count). The Morgan fingerprint density at radius 1 is 1.05 bits per heavy atom. The van der Waals surface area contributed by atoms with Crippen LogP contribution in [-0.4, -0.2) is 18.5 Å². The summed E-state index contributed by atoms with van der Waals surface area (Å²) >= 11 is 0. The molecule has 22 heavy (non-hydrogen) atoms. The highest BCUT2D eigenvalue weighted by molar-refractivity contribution is 5.81. The highest BCUT2D eigenvalue weighted by atomic mass is 16.5. The minimum atomic E-state index is -0.263. The van der Waals surface area contributed by atoms with Gasteiger partial charge >= 0.3 is 5.97 Å². The second-order valence-electron chi connectivity index (χ2n) is 5.95. The molecule has 0 heterocycles. The number of ether oxygens (including phenoxy) is 1. The largest absolute Gasteiger partial charge is 0.465 e. The van der Waals surface area contributed by atoms with Crippen LogP contribution < -0.4 is 5.32 Å². The van der Waals surface area contributed by atoms with Crippen LogP contribution in [0.1, 0.15) is 50.5 Å². The molecule has 0 aromatic heterocycles. The maximum absolute atomic E-state index is 11.7. The Kier molecular flexibility index (Phi) is 6.94.